The molecule has 2 aromatic rings. The van der Waals surface area contributed by atoms with Crippen LogP contribution in [0.5, 0.6) is 0 Å². The van der Waals surface area contributed by atoms with Crippen LogP contribution in [0.1, 0.15) is 44.2 Å². The predicted molar refractivity (Wildman–Crippen MR) is 124 cm³/mol. The summed E-state index contributed by atoms with van der Waals surface area (Å²) in [5.41, 5.74) is 1.33. The lowest BCUT2D eigenvalue weighted by Gasteiger charge is -2.31. The fourth-order valence-corrected chi connectivity index (χ4v) is 3.91. The lowest BCUT2D eigenvalue weighted by Crippen LogP contribution is -2.49. The molecular weight excluding hydrogens is 443 g/mol. The molecule has 0 aromatic heterocycles. The van der Waals surface area contributed by atoms with Crippen LogP contribution in [0.3, 0.4) is 0 Å². The molecule has 0 saturated heterocycles. The molecule has 0 fully saturated rings. The van der Waals surface area contributed by atoms with Crippen molar-refractivity contribution in [2.75, 3.05) is 6.54 Å². The van der Waals surface area contributed by atoms with Crippen LogP contribution >= 0.6 is 34.8 Å². The van der Waals surface area contributed by atoms with Crippen molar-refractivity contribution < 1.29 is 9.59 Å². The summed E-state index contributed by atoms with van der Waals surface area (Å²) in [6.07, 6.45) is 2.41. The van der Waals surface area contributed by atoms with Crippen molar-refractivity contribution >= 4 is 46.6 Å². The van der Waals surface area contributed by atoms with E-state index in [0.717, 1.165) is 12.8 Å². The molecule has 0 unspecified atom stereocenters. The first kappa shape index (κ1) is 24.5. The largest absolute Gasteiger partial charge is 0.354 e. The van der Waals surface area contributed by atoms with Gasteiger partial charge in [0, 0.05) is 33.7 Å². The summed E-state index contributed by atoms with van der Waals surface area (Å²) >= 11 is 19.0. The Balaban J connectivity index is 2.33. The van der Waals surface area contributed by atoms with E-state index in [4.69, 9.17) is 34.8 Å². The zero-order valence-corrected chi connectivity index (χ0v) is 19.5. The van der Waals surface area contributed by atoms with Gasteiger partial charge in [-0.25, -0.2) is 0 Å². The van der Waals surface area contributed by atoms with Gasteiger partial charge in [0.1, 0.15) is 6.04 Å². The van der Waals surface area contributed by atoms with Gasteiger partial charge < -0.3 is 10.2 Å². The van der Waals surface area contributed by atoms with E-state index < -0.39 is 6.04 Å². The van der Waals surface area contributed by atoms with E-state index in [1.165, 1.54) is 0 Å². The predicted octanol–water partition coefficient (Wildman–Crippen LogP) is 5.91. The summed E-state index contributed by atoms with van der Waals surface area (Å²) < 4.78 is 0. The minimum Gasteiger partial charge on any atom is -0.354 e. The van der Waals surface area contributed by atoms with Gasteiger partial charge in [-0.05, 0) is 36.6 Å². The third kappa shape index (κ3) is 6.63. The maximum atomic E-state index is 13.3. The van der Waals surface area contributed by atoms with Crippen LogP contribution < -0.4 is 5.32 Å². The third-order valence-corrected chi connectivity index (χ3v) is 5.98. The standard InChI is InChI=1S/C23H27Cl3N2O2/c1-3-5-13-27-23(30)21(4-2)28(15-17-19(25)11-8-12-20(17)26)22(29)14-16-9-6-7-10-18(16)24/h6-12,21H,3-5,13-15H2,1-2H3,(H,27,30)/t21-/m1/s1. The van der Waals surface area contributed by atoms with Gasteiger partial charge in [0.2, 0.25) is 11.8 Å². The fourth-order valence-electron chi connectivity index (χ4n) is 3.19. The first-order valence-corrected chi connectivity index (χ1v) is 11.3. The average molecular weight is 470 g/mol. The molecule has 0 heterocycles. The Bertz CT molecular complexity index is 853. The van der Waals surface area contributed by atoms with E-state index in [1.807, 2.05) is 25.1 Å². The number of nitrogens with one attached hydrogen (secondary N) is 1. The van der Waals surface area contributed by atoms with E-state index in [0.29, 0.717) is 39.2 Å². The lowest BCUT2D eigenvalue weighted by atomic mass is 10.1. The molecule has 0 spiro atoms. The molecule has 0 aliphatic carbocycles. The Hall–Kier alpha value is -1.75. The van der Waals surface area contributed by atoms with Gasteiger partial charge >= 0.3 is 0 Å². The van der Waals surface area contributed by atoms with E-state index in [-0.39, 0.29) is 24.8 Å². The Morgan fingerprint density at radius 3 is 2.20 bits per heavy atom. The van der Waals surface area contributed by atoms with Crippen LogP contribution in [-0.2, 0) is 22.6 Å². The van der Waals surface area contributed by atoms with Crippen molar-refractivity contribution in [3.8, 4) is 0 Å². The molecule has 4 nitrogen and oxygen atoms in total. The van der Waals surface area contributed by atoms with Crippen molar-refractivity contribution in [3.63, 3.8) is 0 Å². The van der Waals surface area contributed by atoms with Gasteiger partial charge in [0.05, 0.1) is 6.42 Å². The number of hydrogen-bond acceptors (Lipinski definition) is 2. The van der Waals surface area contributed by atoms with Crippen LogP contribution in [0, 0.1) is 0 Å². The van der Waals surface area contributed by atoms with Gasteiger partial charge in [0.15, 0.2) is 0 Å². The molecule has 1 N–H and O–H groups in total. The topological polar surface area (TPSA) is 49.4 Å². The zero-order valence-electron chi connectivity index (χ0n) is 17.3. The van der Waals surface area contributed by atoms with E-state index in [1.54, 1.807) is 29.2 Å². The summed E-state index contributed by atoms with van der Waals surface area (Å²) in [4.78, 5) is 27.8. The minimum absolute atomic E-state index is 0.0838. The van der Waals surface area contributed by atoms with Gasteiger partial charge in [-0.15, -0.1) is 0 Å². The number of hydrogen-bond donors (Lipinski definition) is 1. The minimum atomic E-state index is -0.635. The number of nitrogens with zero attached hydrogens (tertiary/aromatic N) is 1. The molecule has 1 atom stereocenters. The number of amides is 2. The first-order chi connectivity index (χ1) is 14.4. The summed E-state index contributed by atoms with van der Waals surface area (Å²) in [6, 6.07) is 11.8. The molecular formula is C23H27Cl3N2O2. The van der Waals surface area contributed by atoms with Crippen molar-refractivity contribution in [2.24, 2.45) is 0 Å². The molecule has 0 aliphatic heterocycles. The second-order valence-corrected chi connectivity index (χ2v) is 8.28. The summed E-state index contributed by atoms with van der Waals surface area (Å²) in [5.74, 6) is -0.391. The zero-order chi connectivity index (χ0) is 22.1. The quantitative estimate of drug-likeness (QED) is 0.440. The highest BCUT2D eigenvalue weighted by atomic mass is 35.5. The molecule has 0 radical (unpaired) electrons. The number of halogens is 3. The molecule has 0 aliphatic rings. The van der Waals surface area contributed by atoms with Crippen molar-refractivity contribution in [3.05, 3.63) is 68.7 Å². The maximum absolute atomic E-state index is 13.3. The van der Waals surface area contributed by atoms with Crippen LogP contribution in [0.4, 0.5) is 0 Å². The smallest absolute Gasteiger partial charge is 0.242 e. The van der Waals surface area contributed by atoms with Crippen molar-refractivity contribution in [2.45, 2.75) is 52.1 Å². The van der Waals surface area contributed by atoms with Gasteiger partial charge in [-0.2, -0.15) is 0 Å². The van der Waals surface area contributed by atoms with E-state index in [2.05, 4.69) is 12.2 Å². The van der Waals surface area contributed by atoms with Crippen LogP contribution in [0.2, 0.25) is 15.1 Å². The number of benzene rings is 2. The fraction of sp³-hybridized carbons (Fsp3) is 0.391. The molecule has 0 bridgehead atoms. The highest BCUT2D eigenvalue weighted by Gasteiger charge is 2.29. The Morgan fingerprint density at radius 1 is 0.967 bits per heavy atom. The number of carbonyl (C=O) groups is 2. The van der Waals surface area contributed by atoms with Gasteiger partial charge in [-0.1, -0.05) is 79.3 Å². The monoisotopic (exact) mass is 468 g/mol. The summed E-state index contributed by atoms with van der Waals surface area (Å²) in [6.45, 7) is 4.66. The van der Waals surface area contributed by atoms with Crippen LogP contribution in [-0.4, -0.2) is 29.3 Å². The second-order valence-electron chi connectivity index (χ2n) is 7.06. The highest BCUT2D eigenvalue weighted by Crippen LogP contribution is 2.27. The summed E-state index contributed by atoms with van der Waals surface area (Å²) in [5, 5.41) is 4.37. The SMILES string of the molecule is CCCCNC(=O)[C@@H](CC)N(Cc1c(Cl)cccc1Cl)C(=O)Cc1ccccc1Cl. The Morgan fingerprint density at radius 2 is 1.60 bits per heavy atom. The average Bonchev–Trinajstić information content (AvgIpc) is 2.71. The van der Waals surface area contributed by atoms with Gasteiger partial charge in [-0.3, -0.25) is 9.59 Å². The number of rotatable bonds is 10. The molecule has 2 amide bonds. The summed E-state index contributed by atoms with van der Waals surface area (Å²) in [7, 11) is 0. The van der Waals surface area contributed by atoms with E-state index >= 15 is 0 Å². The lowest BCUT2D eigenvalue weighted by molar-refractivity contribution is -0.140. The second kappa shape index (κ2) is 12.2. The number of unbranched alkanes of at least 4 members (excludes halogenated alkanes) is 1. The van der Waals surface area contributed by atoms with Crippen LogP contribution in [0.25, 0.3) is 0 Å². The van der Waals surface area contributed by atoms with Crippen molar-refractivity contribution in [1.29, 1.82) is 0 Å². The molecule has 30 heavy (non-hydrogen) atoms. The number of carbonyl (C=O) groups excluding carboxylic acids is 2. The van der Waals surface area contributed by atoms with Crippen LogP contribution in [0.15, 0.2) is 42.5 Å². The first-order valence-electron chi connectivity index (χ1n) is 10.1. The van der Waals surface area contributed by atoms with Gasteiger partial charge in [0.25, 0.3) is 0 Å². The van der Waals surface area contributed by atoms with E-state index in [9.17, 15) is 9.59 Å². The Labute approximate surface area is 193 Å². The molecule has 0 saturated carbocycles. The van der Waals surface area contributed by atoms with Crippen molar-refractivity contribution in [1.82, 2.24) is 10.2 Å². The molecule has 162 valence electrons. The molecule has 7 heteroatoms. The highest BCUT2D eigenvalue weighted by molar-refractivity contribution is 6.36. The molecule has 2 aromatic carbocycles. The molecule has 2 rings (SSSR count). The Kier molecular flexibility index (Phi) is 9.96. The normalized spacial score (nSPS) is 11.8. The maximum Gasteiger partial charge on any atom is 0.242 e. The third-order valence-electron chi connectivity index (χ3n) is 4.91.